The number of hydrogen-bond acceptors (Lipinski definition) is 6. The van der Waals surface area contributed by atoms with E-state index in [0.717, 1.165) is 28.3 Å². The predicted octanol–water partition coefficient (Wildman–Crippen LogP) is 3.32. The molecule has 134 valence electrons. The van der Waals surface area contributed by atoms with Crippen LogP contribution in [0.2, 0.25) is 0 Å². The van der Waals surface area contributed by atoms with Gasteiger partial charge in [0.25, 0.3) is 0 Å². The van der Waals surface area contributed by atoms with Gasteiger partial charge < -0.3 is 18.9 Å². The number of aliphatic imine (C=N–C) groups is 2. The summed E-state index contributed by atoms with van der Waals surface area (Å²) in [6.45, 7) is 0. The van der Waals surface area contributed by atoms with Crippen LogP contribution in [0.25, 0.3) is 5.57 Å². The first kappa shape index (κ1) is 16.6. The van der Waals surface area contributed by atoms with E-state index in [1.807, 2.05) is 36.6 Å². The van der Waals surface area contributed by atoms with Crippen molar-refractivity contribution in [2.75, 3.05) is 28.4 Å². The first-order valence-electron chi connectivity index (χ1n) is 8.25. The molecule has 26 heavy (non-hydrogen) atoms. The summed E-state index contributed by atoms with van der Waals surface area (Å²) in [5.41, 5.74) is 3.04. The van der Waals surface area contributed by atoms with E-state index in [9.17, 15) is 0 Å². The third-order valence-corrected chi connectivity index (χ3v) is 5.07. The number of ether oxygens (including phenoxy) is 4. The molecule has 2 unspecified atom stereocenters. The van der Waals surface area contributed by atoms with Gasteiger partial charge in [0.15, 0.2) is 11.5 Å². The van der Waals surface area contributed by atoms with Gasteiger partial charge in [-0.2, -0.15) is 0 Å². The normalized spacial score (nSPS) is 25.2. The van der Waals surface area contributed by atoms with E-state index in [4.69, 9.17) is 23.9 Å². The van der Waals surface area contributed by atoms with Crippen molar-refractivity contribution in [1.29, 1.82) is 0 Å². The lowest BCUT2D eigenvalue weighted by Crippen LogP contribution is -2.45. The molecular weight excluding hydrogens is 332 g/mol. The van der Waals surface area contributed by atoms with Crippen molar-refractivity contribution >= 4 is 23.7 Å². The van der Waals surface area contributed by atoms with Crippen molar-refractivity contribution in [1.82, 2.24) is 0 Å². The van der Waals surface area contributed by atoms with Gasteiger partial charge >= 0.3 is 0 Å². The monoisotopic (exact) mass is 352 g/mol. The summed E-state index contributed by atoms with van der Waals surface area (Å²) in [6.07, 6.45) is 9.19. The van der Waals surface area contributed by atoms with Gasteiger partial charge in [-0.3, -0.25) is 9.98 Å². The molecule has 2 heterocycles. The van der Waals surface area contributed by atoms with Crippen LogP contribution in [-0.4, -0.2) is 47.0 Å². The SMILES string of the molecule is COC1=CC=C2N=CC=C3c4cc(OC)c(OC)cc4N=CC23C1OC. The molecule has 0 fully saturated rings. The molecule has 1 aliphatic carbocycles. The first-order chi connectivity index (χ1) is 12.7. The Kier molecular flexibility index (Phi) is 3.92. The Morgan fingerprint density at radius 1 is 0.885 bits per heavy atom. The highest BCUT2D eigenvalue weighted by atomic mass is 16.5. The molecule has 3 aliphatic rings. The fourth-order valence-electron chi connectivity index (χ4n) is 3.86. The molecule has 6 heteroatoms. The molecule has 0 amide bonds. The summed E-state index contributed by atoms with van der Waals surface area (Å²) in [5, 5.41) is 0. The van der Waals surface area contributed by atoms with E-state index in [0.29, 0.717) is 11.5 Å². The zero-order valence-corrected chi connectivity index (χ0v) is 15.1. The van der Waals surface area contributed by atoms with E-state index in [1.165, 1.54) is 0 Å². The summed E-state index contributed by atoms with van der Waals surface area (Å²) in [6, 6.07) is 3.83. The average Bonchev–Trinajstić information content (AvgIpc) is 2.70. The van der Waals surface area contributed by atoms with Crippen molar-refractivity contribution in [3.63, 3.8) is 0 Å². The van der Waals surface area contributed by atoms with Crippen molar-refractivity contribution in [2.45, 2.75) is 6.10 Å². The first-order valence-corrected chi connectivity index (χ1v) is 8.25. The highest BCUT2D eigenvalue weighted by molar-refractivity contribution is 6.06. The molecule has 4 rings (SSSR count). The lowest BCUT2D eigenvalue weighted by molar-refractivity contribution is 0.0443. The minimum absolute atomic E-state index is 0.360. The number of benzene rings is 1. The van der Waals surface area contributed by atoms with Gasteiger partial charge in [0.2, 0.25) is 0 Å². The predicted molar refractivity (Wildman–Crippen MR) is 101 cm³/mol. The molecule has 2 atom stereocenters. The Morgan fingerprint density at radius 2 is 1.65 bits per heavy atom. The number of allylic oxidation sites excluding steroid dienone is 3. The number of rotatable bonds is 4. The second-order valence-corrected chi connectivity index (χ2v) is 6.15. The number of nitrogens with zero attached hydrogens (tertiary/aromatic N) is 2. The average molecular weight is 352 g/mol. The van der Waals surface area contributed by atoms with E-state index in [1.54, 1.807) is 34.7 Å². The van der Waals surface area contributed by atoms with Crippen LogP contribution >= 0.6 is 0 Å². The van der Waals surface area contributed by atoms with Crippen LogP contribution in [0.4, 0.5) is 5.69 Å². The fourth-order valence-corrected chi connectivity index (χ4v) is 3.86. The third kappa shape index (κ3) is 2.08. The van der Waals surface area contributed by atoms with Crippen molar-refractivity contribution in [3.05, 3.63) is 47.4 Å². The van der Waals surface area contributed by atoms with Crippen LogP contribution in [0.15, 0.2) is 51.8 Å². The van der Waals surface area contributed by atoms with E-state index in [-0.39, 0.29) is 6.10 Å². The van der Waals surface area contributed by atoms with Gasteiger partial charge in [-0.25, -0.2) is 0 Å². The summed E-state index contributed by atoms with van der Waals surface area (Å²) in [7, 11) is 6.55. The molecule has 2 aliphatic heterocycles. The van der Waals surface area contributed by atoms with Crippen LogP contribution in [0.1, 0.15) is 5.56 Å². The Balaban J connectivity index is 1.96. The molecule has 0 bridgehead atoms. The Hall–Kier alpha value is -2.86. The molecule has 1 aromatic rings. The molecule has 0 saturated heterocycles. The lowest BCUT2D eigenvalue weighted by Gasteiger charge is -2.44. The lowest BCUT2D eigenvalue weighted by atomic mass is 9.66. The van der Waals surface area contributed by atoms with E-state index < -0.39 is 5.41 Å². The van der Waals surface area contributed by atoms with E-state index >= 15 is 0 Å². The minimum Gasteiger partial charge on any atom is -0.498 e. The second kappa shape index (κ2) is 6.14. The Bertz CT molecular complexity index is 911. The molecule has 0 aromatic heterocycles. The smallest absolute Gasteiger partial charge is 0.162 e. The largest absolute Gasteiger partial charge is 0.498 e. The zero-order chi connectivity index (χ0) is 18.3. The second-order valence-electron chi connectivity index (χ2n) is 6.15. The van der Waals surface area contributed by atoms with Crippen molar-refractivity contribution in [3.8, 4) is 11.5 Å². The number of hydrogen-bond donors (Lipinski definition) is 0. The maximum absolute atomic E-state index is 5.84. The van der Waals surface area contributed by atoms with Gasteiger partial charge in [-0.1, -0.05) is 0 Å². The molecule has 1 spiro atoms. The number of fused-ring (bicyclic) bond motifs is 2. The van der Waals surface area contributed by atoms with Gasteiger partial charge in [-0.15, -0.1) is 0 Å². The Morgan fingerprint density at radius 3 is 2.35 bits per heavy atom. The number of methoxy groups -OCH3 is 4. The maximum Gasteiger partial charge on any atom is 0.162 e. The fraction of sp³-hybridized carbons (Fsp3) is 0.300. The van der Waals surface area contributed by atoms with Gasteiger partial charge in [0.1, 0.15) is 17.3 Å². The topological polar surface area (TPSA) is 61.6 Å². The summed E-state index contributed by atoms with van der Waals surface area (Å²) >= 11 is 0. The van der Waals surface area contributed by atoms with Crippen LogP contribution in [-0.2, 0) is 9.47 Å². The van der Waals surface area contributed by atoms with Crippen LogP contribution in [0.5, 0.6) is 11.5 Å². The standard InChI is InChI=1S/C20H20N2O4/c1-23-15-5-6-18-20(19(15)26-4)11-22-14-10-17(25-3)16(24-2)9-12(14)13(20)7-8-21-18/h5-11,19H,1-4H3. The van der Waals surface area contributed by atoms with Gasteiger partial charge in [0, 0.05) is 31.2 Å². The summed E-state index contributed by atoms with van der Waals surface area (Å²) < 4.78 is 22.3. The Labute approximate surface area is 152 Å². The molecule has 6 nitrogen and oxygen atoms in total. The molecule has 0 radical (unpaired) electrons. The zero-order valence-electron chi connectivity index (χ0n) is 15.1. The number of dihydropyridines is 1. The molecule has 1 aromatic carbocycles. The summed E-state index contributed by atoms with van der Waals surface area (Å²) in [4.78, 5) is 9.30. The molecule has 0 N–H and O–H groups in total. The van der Waals surface area contributed by atoms with Crippen LogP contribution in [0, 0.1) is 5.41 Å². The van der Waals surface area contributed by atoms with Crippen molar-refractivity contribution in [2.24, 2.45) is 15.4 Å². The van der Waals surface area contributed by atoms with Gasteiger partial charge in [0.05, 0.1) is 32.7 Å². The maximum atomic E-state index is 5.84. The highest BCUT2D eigenvalue weighted by Crippen LogP contribution is 2.55. The summed E-state index contributed by atoms with van der Waals surface area (Å²) in [5.74, 6) is 2.03. The van der Waals surface area contributed by atoms with Crippen LogP contribution in [0.3, 0.4) is 0 Å². The van der Waals surface area contributed by atoms with E-state index in [2.05, 4.69) is 4.99 Å². The minimum atomic E-state index is -0.643. The van der Waals surface area contributed by atoms with Crippen LogP contribution < -0.4 is 9.47 Å². The van der Waals surface area contributed by atoms with Crippen molar-refractivity contribution < 1.29 is 18.9 Å². The third-order valence-electron chi connectivity index (χ3n) is 5.07. The quantitative estimate of drug-likeness (QED) is 0.834. The molecule has 0 saturated carbocycles. The highest BCUT2D eigenvalue weighted by Gasteiger charge is 2.52. The molecular formula is C20H20N2O4. The van der Waals surface area contributed by atoms with Gasteiger partial charge in [-0.05, 0) is 29.9 Å².